The molecule has 0 aliphatic rings. The highest BCUT2D eigenvalue weighted by molar-refractivity contribution is 14.1. The number of ether oxygens (including phenoxy) is 1. The fraction of sp³-hybridized carbons (Fsp3) is 0.0714. The number of amides is 1. The molecule has 3 rings (SSSR count). The van der Waals surface area contributed by atoms with Crippen LogP contribution < -0.4 is 10.1 Å². The average molecular weight is 429 g/mol. The number of methoxy groups -OCH3 is 1. The molecule has 1 aromatic carbocycles. The molecule has 2 heterocycles. The second-order valence-corrected chi connectivity index (χ2v) is 5.94. The molecule has 2 aromatic heterocycles. The van der Waals surface area contributed by atoms with Gasteiger partial charge in [-0.05, 0) is 46.9 Å². The third-order valence-electron chi connectivity index (χ3n) is 3.03. The van der Waals surface area contributed by atoms with Crippen LogP contribution in [0.4, 0.5) is 5.95 Å². The molecule has 1 N–H and O–H groups in total. The van der Waals surface area contributed by atoms with Gasteiger partial charge in [0.25, 0.3) is 5.91 Å². The van der Waals surface area contributed by atoms with Crippen molar-refractivity contribution in [3.8, 4) is 5.75 Å². The Morgan fingerprint density at radius 1 is 1.36 bits per heavy atom. The number of aromatic nitrogens is 3. The molecule has 0 atom stereocenters. The van der Waals surface area contributed by atoms with Gasteiger partial charge in [-0.15, -0.1) is 10.2 Å². The minimum absolute atomic E-state index is 0.331. The van der Waals surface area contributed by atoms with E-state index in [4.69, 9.17) is 16.3 Å². The molecular weight excluding hydrogens is 419 g/mol. The summed E-state index contributed by atoms with van der Waals surface area (Å²) in [5.74, 6) is 0.408. The molecule has 1 amide bonds. The Hall–Kier alpha value is -1.87. The smallest absolute Gasteiger partial charge is 0.261 e. The number of hydrogen-bond donors (Lipinski definition) is 1. The van der Waals surface area contributed by atoms with Gasteiger partial charge in [0.2, 0.25) is 5.95 Å². The predicted octanol–water partition coefficient (Wildman–Crippen LogP) is 3.25. The van der Waals surface area contributed by atoms with E-state index in [1.165, 1.54) is 7.11 Å². The van der Waals surface area contributed by atoms with E-state index in [1.54, 1.807) is 28.8 Å². The normalized spacial score (nSPS) is 10.7. The molecule has 0 aliphatic carbocycles. The Morgan fingerprint density at radius 3 is 2.95 bits per heavy atom. The van der Waals surface area contributed by atoms with E-state index < -0.39 is 0 Å². The number of carbonyl (C=O) groups excluding carboxylic acids is 1. The van der Waals surface area contributed by atoms with Gasteiger partial charge in [-0.25, -0.2) is 0 Å². The van der Waals surface area contributed by atoms with E-state index in [1.807, 2.05) is 12.1 Å². The van der Waals surface area contributed by atoms with E-state index in [-0.39, 0.29) is 5.91 Å². The summed E-state index contributed by atoms with van der Waals surface area (Å²) in [4.78, 5) is 12.5. The van der Waals surface area contributed by atoms with Crippen LogP contribution in [0.15, 0.2) is 36.5 Å². The number of nitrogens with one attached hydrogen (secondary N) is 1. The maximum atomic E-state index is 12.5. The van der Waals surface area contributed by atoms with Crippen molar-refractivity contribution < 1.29 is 9.53 Å². The SMILES string of the molecule is COc1cc(I)c(Cl)cc1C(=O)Nc1nnc2ccccn12. The molecule has 0 radical (unpaired) electrons. The lowest BCUT2D eigenvalue weighted by Crippen LogP contribution is -2.15. The van der Waals surface area contributed by atoms with Gasteiger partial charge < -0.3 is 4.74 Å². The van der Waals surface area contributed by atoms with Crippen molar-refractivity contribution in [1.29, 1.82) is 0 Å². The topological polar surface area (TPSA) is 68.5 Å². The molecule has 6 nitrogen and oxygen atoms in total. The van der Waals surface area contributed by atoms with Crippen LogP contribution in [0.1, 0.15) is 10.4 Å². The lowest BCUT2D eigenvalue weighted by atomic mass is 10.2. The van der Waals surface area contributed by atoms with Crippen molar-refractivity contribution in [3.05, 3.63) is 50.7 Å². The van der Waals surface area contributed by atoms with Crippen LogP contribution in [0, 0.1) is 3.57 Å². The van der Waals surface area contributed by atoms with Crippen molar-refractivity contribution in [3.63, 3.8) is 0 Å². The molecule has 0 aliphatic heterocycles. The van der Waals surface area contributed by atoms with E-state index >= 15 is 0 Å². The first kappa shape index (κ1) is 15.0. The maximum absolute atomic E-state index is 12.5. The summed E-state index contributed by atoms with van der Waals surface area (Å²) in [6, 6.07) is 8.75. The first-order valence-electron chi connectivity index (χ1n) is 6.24. The van der Waals surface area contributed by atoms with Gasteiger partial charge in [-0.2, -0.15) is 0 Å². The van der Waals surface area contributed by atoms with Gasteiger partial charge in [-0.3, -0.25) is 14.5 Å². The fourth-order valence-electron chi connectivity index (χ4n) is 1.97. The number of halogens is 2. The van der Waals surface area contributed by atoms with Gasteiger partial charge in [0, 0.05) is 9.77 Å². The number of benzene rings is 1. The number of nitrogens with zero attached hydrogens (tertiary/aromatic N) is 3. The van der Waals surface area contributed by atoms with Crippen LogP contribution in [0.2, 0.25) is 5.02 Å². The van der Waals surface area contributed by atoms with E-state index in [0.717, 1.165) is 3.57 Å². The Labute approximate surface area is 144 Å². The molecule has 0 bridgehead atoms. The van der Waals surface area contributed by atoms with Crippen molar-refractivity contribution >= 4 is 51.7 Å². The second-order valence-electron chi connectivity index (χ2n) is 4.37. The van der Waals surface area contributed by atoms with Gasteiger partial charge in [0.1, 0.15) is 5.75 Å². The highest BCUT2D eigenvalue weighted by Crippen LogP contribution is 2.28. The van der Waals surface area contributed by atoms with Crippen LogP contribution in [0.25, 0.3) is 5.65 Å². The molecule has 3 aromatic rings. The first-order chi connectivity index (χ1) is 10.6. The van der Waals surface area contributed by atoms with Gasteiger partial charge in [-0.1, -0.05) is 17.7 Å². The summed E-state index contributed by atoms with van der Waals surface area (Å²) in [6.07, 6.45) is 1.77. The molecular formula is C14H10ClIN4O2. The summed E-state index contributed by atoms with van der Waals surface area (Å²) in [5.41, 5.74) is 0.978. The Balaban J connectivity index is 1.96. The number of carbonyl (C=O) groups is 1. The highest BCUT2D eigenvalue weighted by atomic mass is 127. The summed E-state index contributed by atoms with van der Waals surface area (Å²) in [5, 5.41) is 11.1. The van der Waals surface area contributed by atoms with Crippen molar-refractivity contribution in [2.45, 2.75) is 0 Å². The predicted molar refractivity (Wildman–Crippen MR) is 91.7 cm³/mol. The minimum atomic E-state index is -0.367. The minimum Gasteiger partial charge on any atom is -0.496 e. The molecule has 0 spiro atoms. The second kappa shape index (κ2) is 6.09. The standard InChI is InChI=1S/C14H10ClIN4O2/c1-22-11-7-10(16)9(15)6-8(11)13(21)17-14-19-18-12-4-2-3-5-20(12)14/h2-7H,1H3,(H,17,19,21). The quantitative estimate of drug-likeness (QED) is 0.650. The largest absolute Gasteiger partial charge is 0.496 e. The maximum Gasteiger partial charge on any atom is 0.261 e. The number of pyridine rings is 1. The first-order valence-corrected chi connectivity index (χ1v) is 7.70. The molecule has 0 saturated carbocycles. The van der Waals surface area contributed by atoms with Crippen LogP contribution in [0.5, 0.6) is 5.75 Å². The van der Waals surface area contributed by atoms with E-state index in [0.29, 0.717) is 27.9 Å². The Kier molecular flexibility index (Phi) is 4.16. The zero-order valence-corrected chi connectivity index (χ0v) is 14.3. The Bertz CT molecular complexity index is 865. The summed E-state index contributed by atoms with van der Waals surface area (Å²) >= 11 is 8.16. The van der Waals surface area contributed by atoms with Crippen LogP contribution in [0.3, 0.4) is 0 Å². The summed E-state index contributed by atoms with van der Waals surface area (Å²) < 4.78 is 7.73. The number of anilines is 1. The van der Waals surface area contributed by atoms with E-state index in [2.05, 4.69) is 38.1 Å². The summed E-state index contributed by atoms with van der Waals surface area (Å²) in [7, 11) is 1.50. The van der Waals surface area contributed by atoms with Crippen molar-refractivity contribution in [2.75, 3.05) is 12.4 Å². The average Bonchev–Trinajstić information content (AvgIpc) is 2.92. The van der Waals surface area contributed by atoms with Crippen molar-refractivity contribution in [2.24, 2.45) is 0 Å². The fourth-order valence-corrected chi connectivity index (χ4v) is 2.57. The lowest BCUT2D eigenvalue weighted by Gasteiger charge is -2.10. The van der Waals surface area contributed by atoms with Gasteiger partial charge >= 0.3 is 0 Å². The molecule has 0 saturated heterocycles. The molecule has 22 heavy (non-hydrogen) atoms. The number of hydrogen-bond acceptors (Lipinski definition) is 4. The van der Waals surface area contributed by atoms with Gasteiger partial charge in [0.05, 0.1) is 17.7 Å². The molecule has 0 fully saturated rings. The zero-order valence-electron chi connectivity index (χ0n) is 11.4. The molecule has 112 valence electrons. The monoisotopic (exact) mass is 428 g/mol. The molecule has 8 heteroatoms. The molecule has 0 unspecified atom stereocenters. The van der Waals surface area contributed by atoms with Crippen LogP contribution in [-0.4, -0.2) is 27.6 Å². The van der Waals surface area contributed by atoms with Gasteiger partial charge in [0.15, 0.2) is 5.65 Å². The number of fused-ring (bicyclic) bond motifs is 1. The van der Waals surface area contributed by atoms with Crippen LogP contribution >= 0.6 is 34.2 Å². The summed E-state index contributed by atoms with van der Waals surface area (Å²) in [6.45, 7) is 0. The Morgan fingerprint density at radius 2 is 2.18 bits per heavy atom. The van der Waals surface area contributed by atoms with E-state index in [9.17, 15) is 4.79 Å². The zero-order chi connectivity index (χ0) is 15.7. The van der Waals surface area contributed by atoms with Crippen LogP contribution in [-0.2, 0) is 0 Å². The highest BCUT2D eigenvalue weighted by Gasteiger charge is 2.17. The number of rotatable bonds is 3. The van der Waals surface area contributed by atoms with Crippen molar-refractivity contribution in [1.82, 2.24) is 14.6 Å². The third-order valence-corrected chi connectivity index (χ3v) is 4.55. The lowest BCUT2D eigenvalue weighted by molar-refractivity contribution is 0.102. The third kappa shape index (κ3) is 2.73.